The van der Waals surface area contributed by atoms with Gasteiger partial charge in [-0.1, -0.05) is 0 Å². The molecule has 7 heteroatoms. The fourth-order valence-electron chi connectivity index (χ4n) is 3.36. The Bertz CT molecular complexity index is 709. The van der Waals surface area contributed by atoms with Crippen LogP contribution in [-0.4, -0.2) is 45.2 Å². The molecule has 0 aromatic carbocycles. The number of furan rings is 1. The molecule has 0 aliphatic carbocycles. The van der Waals surface area contributed by atoms with Gasteiger partial charge in [-0.2, -0.15) is 0 Å². The van der Waals surface area contributed by atoms with Gasteiger partial charge in [-0.25, -0.2) is 9.78 Å². The highest BCUT2D eigenvalue weighted by molar-refractivity contribution is 5.86. The van der Waals surface area contributed by atoms with E-state index in [1.807, 2.05) is 23.9 Å². The minimum absolute atomic E-state index is 0.134. The molecule has 0 radical (unpaired) electrons. The molecule has 0 bridgehead atoms. The second-order valence-corrected chi connectivity index (χ2v) is 6.47. The van der Waals surface area contributed by atoms with Crippen molar-refractivity contribution in [3.8, 4) is 0 Å². The number of ether oxygens (including phenoxy) is 1. The Morgan fingerprint density at radius 1 is 1.52 bits per heavy atom. The van der Waals surface area contributed by atoms with Crippen LogP contribution in [0.2, 0.25) is 0 Å². The number of esters is 1. The Morgan fingerprint density at radius 3 is 3.08 bits per heavy atom. The quantitative estimate of drug-likeness (QED) is 0.807. The largest absolute Gasteiger partial charge is 0.460 e. The molecular formula is C18H25N3O4. The average Bonchev–Trinajstić information content (AvgIpc) is 3.24. The first-order valence-electron chi connectivity index (χ1n) is 8.72. The van der Waals surface area contributed by atoms with Crippen molar-refractivity contribution >= 4 is 5.97 Å². The molecule has 2 aromatic rings. The highest BCUT2D eigenvalue weighted by Gasteiger charge is 2.29. The summed E-state index contributed by atoms with van der Waals surface area (Å²) >= 11 is 0. The van der Waals surface area contributed by atoms with E-state index >= 15 is 0 Å². The lowest BCUT2D eigenvalue weighted by molar-refractivity contribution is 0.0375. The lowest BCUT2D eigenvalue weighted by Crippen LogP contribution is -2.37. The highest BCUT2D eigenvalue weighted by atomic mass is 16.5. The summed E-state index contributed by atoms with van der Waals surface area (Å²) in [6, 6.07) is 3.46. The van der Waals surface area contributed by atoms with Crippen LogP contribution < -0.4 is 0 Å². The lowest BCUT2D eigenvalue weighted by atomic mass is 9.92. The molecule has 1 saturated heterocycles. The van der Waals surface area contributed by atoms with Gasteiger partial charge in [-0.15, -0.1) is 0 Å². The first-order chi connectivity index (χ1) is 12.1. The molecule has 2 unspecified atom stereocenters. The first kappa shape index (κ1) is 17.7. The number of rotatable bonds is 6. The summed E-state index contributed by atoms with van der Waals surface area (Å²) < 4.78 is 12.4. The number of aliphatic hydroxyl groups excluding tert-OH is 1. The number of aliphatic hydroxyl groups is 1. The van der Waals surface area contributed by atoms with Gasteiger partial charge in [-0.3, -0.25) is 4.90 Å². The zero-order valence-corrected chi connectivity index (χ0v) is 14.7. The topological polar surface area (TPSA) is 80.7 Å². The molecule has 0 spiro atoms. The number of hydrogen-bond acceptors (Lipinski definition) is 6. The van der Waals surface area contributed by atoms with E-state index < -0.39 is 12.1 Å². The van der Waals surface area contributed by atoms with E-state index in [-0.39, 0.29) is 11.7 Å². The molecule has 3 heterocycles. The predicted molar refractivity (Wildman–Crippen MR) is 90.8 cm³/mol. The van der Waals surface area contributed by atoms with Crippen LogP contribution in [0, 0.1) is 5.92 Å². The van der Waals surface area contributed by atoms with Crippen LogP contribution in [0.5, 0.6) is 0 Å². The molecule has 1 aliphatic heterocycles. The Kier molecular flexibility index (Phi) is 5.55. The van der Waals surface area contributed by atoms with Crippen LogP contribution in [-0.2, 0) is 18.3 Å². The third-order valence-corrected chi connectivity index (χ3v) is 4.63. The van der Waals surface area contributed by atoms with Gasteiger partial charge in [0.15, 0.2) is 0 Å². The summed E-state index contributed by atoms with van der Waals surface area (Å²) in [4.78, 5) is 18.2. The van der Waals surface area contributed by atoms with Crippen molar-refractivity contribution < 1.29 is 19.1 Å². The van der Waals surface area contributed by atoms with Crippen molar-refractivity contribution in [2.45, 2.75) is 32.4 Å². The number of piperidine rings is 1. The maximum atomic E-state index is 11.7. The van der Waals surface area contributed by atoms with Crippen LogP contribution in [0.1, 0.15) is 48.0 Å². The summed E-state index contributed by atoms with van der Waals surface area (Å²) in [7, 11) is 1.89. The molecule has 1 N–H and O–H groups in total. The van der Waals surface area contributed by atoms with Crippen molar-refractivity contribution in [3.05, 3.63) is 41.9 Å². The van der Waals surface area contributed by atoms with Gasteiger partial charge < -0.3 is 18.8 Å². The van der Waals surface area contributed by atoms with E-state index in [4.69, 9.17) is 9.15 Å². The second-order valence-electron chi connectivity index (χ2n) is 6.47. The first-order valence-corrected chi connectivity index (χ1v) is 8.72. The number of aromatic nitrogens is 2. The standard InChI is InChI=1S/C18H25N3O4/c1-3-24-18(23)15-7-6-14(25-15)12-21-9-4-5-13(11-21)16(22)17-19-8-10-20(17)2/h6-8,10,13,16,22H,3-5,9,11-12H2,1-2H3. The van der Waals surface area contributed by atoms with E-state index in [1.165, 1.54) is 0 Å². The Morgan fingerprint density at radius 2 is 2.36 bits per heavy atom. The fraction of sp³-hybridized carbons (Fsp3) is 0.556. The molecule has 0 amide bonds. The molecule has 0 saturated carbocycles. The number of likely N-dealkylation sites (tertiary alicyclic amines) is 1. The van der Waals surface area contributed by atoms with Crippen LogP contribution >= 0.6 is 0 Å². The summed E-state index contributed by atoms with van der Waals surface area (Å²) in [5.74, 6) is 1.37. The third kappa shape index (κ3) is 4.11. The molecular weight excluding hydrogens is 322 g/mol. The number of aryl methyl sites for hydroxylation is 1. The van der Waals surface area contributed by atoms with Crippen LogP contribution in [0.4, 0.5) is 0 Å². The van der Waals surface area contributed by atoms with Gasteiger partial charge in [0, 0.05) is 31.9 Å². The van der Waals surface area contributed by atoms with Crippen molar-refractivity contribution in [1.29, 1.82) is 0 Å². The van der Waals surface area contributed by atoms with Gasteiger partial charge >= 0.3 is 5.97 Å². The van der Waals surface area contributed by atoms with Gasteiger partial charge in [-0.05, 0) is 38.4 Å². The Balaban J connectivity index is 1.60. The van der Waals surface area contributed by atoms with E-state index in [2.05, 4.69) is 9.88 Å². The smallest absolute Gasteiger partial charge is 0.374 e. The normalized spacial score (nSPS) is 19.7. The monoisotopic (exact) mass is 347 g/mol. The van der Waals surface area contributed by atoms with E-state index in [0.29, 0.717) is 19.0 Å². The van der Waals surface area contributed by atoms with Crippen molar-refractivity contribution in [3.63, 3.8) is 0 Å². The van der Waals surface area contributed by atoms with Gasteiger partial charge in [0.1, 0.15) is 17.7 Å². The molecule has 1 fully saturated rings. The SMILES string of the molecule is CCOC(=O)c1ccc(CN2CCCC(C(O)c3nccn3C)C2)o1. The fourth-order valence-corrected chi connectivity index (χ4v) is 3.36. The number of imidazole rings is 1. The molecule has 3 rings (SSSR count). The maximum absolute atomic E-state index is 11.7. The van der Waals surface area contributed by atoms with Gasteiger partial charge in [0.2, 0.25) is 5.76 Å². The number of carbonyl (C=O) groups is 1. The van der Waals surface area contributed by atoms with Crippen molar-refractivity contribution in [2.24, 2.45) is 13.0 Å². The van der Waals surface area contributed by atoms with E-state index in [9.17, 15) is 9.90 Å². The minimum Gasteiger partial charge on any atom is -0.460 e. The Labute approximate surface area is 147 Å². The molecule has 7 nitrogen and oxygen atoms in total. The zero-order chi connectivity index (χ0) is 17.8. The summed E-state index contributed by atoms with van der Waals surface area (Å²) in [6.45, 7) is 4.42. The van der Waals surface area contributed by atoms with Crippen LogP contribution in [0.3, 0.4) is 0 Å². The summed E-state index contributed by atoms with van der Waals surface area (Å²) in [6.07, 6.45) is 4.96. The number of nitrogens with zero attached hydrogens (tertiary/aromatic N) is 3. The summed E-state index contributed by atoms with van der Waals surface area (Å²) in [5, 5.41) is 10.6. The molecule has 25 heavy (non-hydrogen) atoms. The third-order valence-electron chi connectivity index (χ3n) is 4.63. The summed E-state index contributed by atoms with van der Waals surface area (Å²) in [5.41, 5.74) is 0. The number of hydrogen-bond donors (Lipinski definition) is 1. The predicted octanol–water partition coefficient (Wildman–Crippen LogP) is 2.14. The van der Waals surface area contributed by atoms with E-state index in [0.717, 1.165) is 31.7 Å². The maximum Gasteiger partial charge on any atom is 0.374 e. The average molecular weight is 347 g/mol. The highest BCUT2D eigenvalue weighted by Crippen LogP contribution is 2.29. The minimum atomic E-state index is -0.575. The lowest BCUT2D eigenvalue weighted by Gasteiger charge is -2.34. The van der Waals surface area contributed by atoms with Gasteiger partial charge in [0.05, 0.1) is 13.2 Å². The van der Waals surface area contributed by atoms with Crippen LogP contribution in [0.15, 0.2) is 28.9 Å². The van der Waals surface area contributed by atoms with Crippen LogP contribution in [0.25, 0.3) is 0 Å². The second kappa shape index (κ2) is 7.84. The molecule has 2 aromatic heterocycles. The van der Waals surface area contributed by atoms with Crippen molar-refractivity contribution in [2.75, 3.05) is 19.7 Å². The van der Waals surface area contributed by atoms with E-state index in [1.54, 1.807) is 19.2 Å². The zero-order valence-electron chi connectivity index (χ0n) is 14.7. The molecule has 136 valence electrons. The Hall–Kier alpha value is -2.12. The molecule has 1 aliphatic rings. The van der Waals surface area contributed by atoms with Crippen molar-refractivity contribution in [1.82, 2.24) is 14.5 Å². The molecule has 2 atom stereocenters. The number of carbonyl (C=O) groups excluding carboxylic acids is 1. The van der Waals surface area contributed by atoms with Gasteiger partial charge in [0.25, 0.3) is 0 Å².